The zero-order chi connectivity index (χ0) is 16.7. The summed E-state index contributed by atoms with van der Waals surface area (Å²) < 4.78 is 0. The quantitative estimate of drug-likeness (QED) is 0.631. The largest absolute Gasteiger partial charge is 0.268 e. The number of carbonyl (C=O) groups excluding carboxylic acids is 2. The molecule has 1 heterocycles. The fraction of sp³-hybridized carbons (Fsp3) is 0. The summed E-state index contributed by atoms with van der Waals surface area (Å²) in [7, 11) is 0. The smallest absolute Gasteiger partial charge is 0.266 e. The van der Waals surface area contributed by atoms with E-state index >= 15 is 0 Å². The molecule has 3 aromatic rings. The van der Waals surface area contributed by atoms with Crippen LogP contribution in [0.5, 0.6) is 0 Å². The summed E-state index contributed by atoms with van der Waals surface area (Å²) in [6.45, 7) is 0. The fourth-order valence-electron chi connectivity index (χ4n) is 2.89. The number of nitrogens with zero attached hydrogens (tertiary/aromatic N) is 1. The van der Waals surface area contributed by atoms with Crippen LogP contribution in [-0.2, 0) is 0 Å². The van der Waals surface area contributed by atoms with E-state index in [0.29, 0.717) is 21.8 Å². The normalized spacial score (nSPS) is 13.3. The van der Waals surface area contributed by atoms with Gasteiger partial charge in [-0.05, 0) is 47.5 Å². The van der Waals surface area contributed by atoms with Gasteiger partial charge in [0, 0.05) is 5.02 Å². The molecule has 3 aromatic carbocycles. The maximum atomic E-state index is 12.5. The van der Waals surface area contributed by atoms with E-state index < -0.39 is 0 Å². The Labute approximate surface area is 144 Å². The molecule has 0 spiro atoms. The van der Waals surface area contributed by atoms with Gasteiger partial charge in [0.05, 0.1) is 16.8 Å². The van der Waals surface area contributed by atoms with Gasteiger partial charge in [0.2, 0.25) is 0 Å². The van der Waals surface area contributed by atoms with Gasteiger partial charge in [-0.2, -0.15) is 0 Å². The maximum absolute atomic E-state index is 12.5. The van der Waals surface area contributed by atoms with E-state index in [0.717, 1.165) is 11.1 Å². The summed E-state index contributed by atoms with van der Waals surface area (Å²) in [6, 6.07) is 21.7. The second-order valence-electron chi connectivity index (χ2n) is 5.55. The predicted molar refractivity (Wildman–Crippen MR) is 94.5 cm³/mol. The van der Waals surface area contributed by atoms with Gasteiger partial charge in [-0.15, -0.1) is 0 Å². The summed E-state index contributed by atoms with van der Waals surface area (Å²) in [5.74, 6) is -0.572. The topological polar surface area (TPSA) is 37.4 Å². The Kier molecular flexibility index (Phi) is 3.44. The van der Waals surface area contributed by atoms with E-state index in [4.69, 9.17) is 11.6 Å². The molecule has 0 unspecified atom stereocenters. The maximum Gasteiger partial charge on any atom is 0.266 e. The van der Waals surface area contributed by atoms with Crippen LogP contribution in [0.1, 0.15) is 20.7 Å². The molecule has 0 atom stereocenters. The second-order valence-corrected chi connectivity index (χ2v) is 5.98. The highest BCUT2D eigenvalue weighted by molar-refractivity contribution is 6.34. The Morgan fingerprint density at radius 1 is 0.667 bits per heavy atom. The Morgan fingerprint density at radius 3 is 1.88 bits per heavy atom. The molecule has 1 aliphatic heterocycles. The van der Waals surface area contributed by atoms with Crippen molar-refractivity contribution in [3.8, 4) is 11.1 Å². The zero-order valence-electron chi connectivity index (χ0n) is 12.6. The van der Waals surface area contributed by atoms with Gasteiger partial charge in [-0.3, -0.25) is 9.59 Å². The van der Waals surface area contributed by atoms with Gasteiger partial charge >= 0.3 is 0 Å². The minimum absolute atomic E-state index is 0.286. The summed E-state index contributed by atoms with van der Waals surface area (Å²) in [4.78, 5) is 26.2. The van der Waals surface area contributed by atoms with Gasteiger partial charge in [0.25, 0.3) is 11.8 Å². The molecule has 0 aliphatic carbocycles. The van der Waals surface area contributed by atoms with Gasteiger partial charge in [0.1, 0.15) is 0 Å². The van der Waals surface area contributed by atoms with Crippen LogP contribution >= 0.6 is 11.6 Å². The minimum atomic E-state index is -0.286. The molecule has 0 aromatic heterocycles. The number of rotatable bonds is 2. The SMILES string of the molecule is O=C1c2ccccc2C(=O)N1c1ccc(-c2cccc(Cl)c2)cc1. The van der Waals surface area contributed by atoms with Crippen LogP contribution in [0.3, 0.4) is 0 Å². The number of hydrogen-bond acceptors (Lipinski definition) is 2. The van der Waals surface area contributed by atoms with Crippen molar-refractivity contribution < 1.29 is 9.59 Å². The summed E-state index contributed by atoms with van der Waals surface area (Å²) in [6.07, 6.45) is 0. The number of hydrogen-bond donors (Lipinski definition) is 0. The molecule has 116 valence electrons. The number of imide groups is 1. The van der Waals surface area contributed by atoms with E-state index in [1.165, 1.54) is 4.90 Å². The van der Waals surface area contributed by atoms with Gasteiger partial charge in [0.15, 0.2) is 0 Å². The molecular weight excluding hydrogens is 322 g/mol. The zero-order valence-corrected chi connectivity index (χ0v) is 13.3. The number of carbonyl (C=O) groups is 2. The van der Waals surface area contributed by atoms with Crippen molar-refractivity contribution in [1.29, 1.82) is 0 Å². The summed E-state index contributed by atoms with van der Waals surface area (Å²) in [5.41, 5.74) is 3.41. The highest BCUT2D eigenvalue weighted by atomic mass is 35.5. The molecule has 0 bridgehead atoms. The van der Waals surface area contributed by atoms with Crippen LogP contribution in [0.15, 0.2) is 72.8 Å². The third-order valence-corrected chi connectivity index (χ3v) is 4.31. The predicted octanol–water partition coefficient (Wildman–Crippen LogP) is 4.81. The molecule has 4 rings (SSSR count). The lowest BCUT2D eigenvalue weighted by Gasteiger charge is -2.14. The second kappa shape index (κ2) is 5.62. The molecule has 1 aliphatic rings. The Balaban J connectivity index is 1.69. The highest BCUT2D eigenvalue weighted by Crippen LogP contribution is 2.30. The first-order valence-corrected chi connectivity index (χ1v) is 7.87. The first kappa shape index (κ1) is 14.7. The lowest BCUT2D eigenvalue weighted by Crippen LogP contribution is -2.29. The number of fused-ring (bicyclic) bond motifs is 1. The van der Waals surface area contributed by atoms with E-state index in [2.05, 4.69) is 0 Å². The van der Waals surface area contributed by atoms with E-state index in [9.17, 15) is 9.59 Å². The number of anilines is 1. The van der Waals surface area contributed by atoms with Crippen LogP contribution in [0, 0.1) is 0 Å². The Morgan fingerprint density at radius 2 is 1.29 bits per heavy atom. The summed E-state index contributed by atoms with van der Waals surface area (Å²) in [5, 5.41) is 0.664. The van der Waals surface area contributed by atoms with Crippen molar-refractivity contribution in [2.24, 2.45) is 0 Å². The van der Waals surface area contributed by atoms with Crippen molar-refractivity contribution in [1.82, 2.24) is 0 Å². The molecule has 3 nitrogen and oxygen atoms in total. The monoisotopic (exact) mass is 333 g/mol. The highest BCUT2D eigenvalue weighted by Gasteiger charge is 2.36. The first-order valence-electron chi connectivity index (χ1n) is 7.49. The van der Waals surface area contributed by atoms with Gasteiger partial charge in [-0.1, -0.05) is 48.0 Å². The van der Waals surface area contributed by atoms with E-state index in [-0.39, 0.29) is 11.8 Å². The molecule has 24 heavy (non-hydrogen) atoms. The minimum Gasteiger partial charge on any atom is -0.268 e. The molecule has 0 saturated carbocycles. The molecule has 2 amide bonds. The van der Waals surface area contributed by atoms with Gasteiger partial charge in [-0.25, -0.2) is 4.90 Å². The van der Waals surface area contributed by atoms with Crippen LogP contribution in [-0.4, -0.2) is 11.8 Å². The first-order chi connectivity index (χ1) is 11.6. The fourth-order valence-corrected chi connectivity index (χ4v) is 3.09. The van der Waals surface area contributed by atoms with Crippen molar-refractivity contribution in [3.05, 3.63) is 88.9 Å². The van der Waals surface area contributed by atoms with Crippen molar-refractivity contribution in [3.63, 3.8) is 0 Å². The van der Waals surface area contributed by atoms with Gasteiger partial charge < -0.3 is 0 Å². The lowest BCUT2D eigenvalue weighted by atomic mass is 10.1. The molecule has 4 heteroatoms. The third kappa shape index (κ3) is 2.30. The lowest BCUT2D eigenvalue weighted by molar-refractivity contribution is 0.0926. The van der Waals surface area contributed by atoms with Crippen molar-refractivity contribution in [2.45, 2.75) is 0 Å². The molecule has 0 saturated heterocycles. The van der Waals surface area contributed by atoms with Crippen LogP contribution in [0.25, 0.3) is 11.1 Å². The third-order valence-electron chi connectivity index (χ3n) is 4.08. The molecule has 0 fully saturated rings. The number of benzene rings is 3. The van der Waals surface area contributed by atoms with Crippen LogP contribution in [0.4, 0.5) is 5.69 Å². The van der Waals surface area contributed by atoms with Crippen molar-refractivity contribution >= 4 is 29.1 Å². The van der Waals surface area contributed by atoms with Crippen molar-refractivity contribution in [2.75, 3.05) is 4.90 Å². The van der Waals surface area contributed by atoms with Crippen LogP contribution in [0.2, 0.25) is 5.02 Å². The molecule has 0 N–H and O–H groups in total. The average Bonchev–Trinajstić information content (AvgIpc) is 2.87. The van der Waals surface area contributed by atoms with E-state index in [1.807, 2.05) is 36.4 Å². The Bertz CT molecular complexity index is 928. The standard InChI is InChI=1S/C20H12ClNO2/c21-15-5-3-4-14(12-15)13-8-10-16(11-9-13)22-19(23)17-6-1-2-7-18(17)20(22)24/h1-12H. The van der Waals surface area contributed by atoms with Crippen LogP contribution < -0.4 is 4.90 Å². The van der Waals surface area contributed by atoms with E-state index in [1.54, 1.807) is 36.4 Å². The summed E-state index contributed by atoms with van der Waals surface area (Å²) >= 11 is 6.02. The number of amides is 2. The average molecular weight is 334 g/mol. The molecule has 0 radical (unpaired) electrons. The Hall–Kier alpha value is -2.91. The number of halogens is 1. The molecular formula is C20H12ClNO2.